The molecule has 4 nitrogen and oxygen atoms in total. The summed E-state index contributed by atoms with van der Waals surface area (Å²) in [6.45, 7) is 3.26. The SMILES string of the molecule is Cc1ncc(CC=CC(=O)CCCCCOCc2ccccc2)cn1. The van der Waals surface area contributed by atoms with E-state index in [0.29, 0.717) is 19.4 Å². The molecular formula is C21H26N2O2. The van der Waals surface area contributed by atoms with Gasteiger partial charge in [0.1, 0.15) is 5.82 Å². The van der Waals surface area contributed by atoms with Crippen LogP contribution in [-0.2, 0) is 22.6 Å². The van der Waals surface area contributed by atoms with Gasteiger partial charge in [-0.3, -0.25) is 4.79 Å². The molecule has 0 saturated heterocycles. The van der Waals surface area contributed by atoms with Crippen LogP contribution < -0.4 is 0 Å². The van der Waals surface area contributed by atoms with Crippen molar-refractivity contribution in [3.8, 4) is 0 Å². The molecule has 2 aromatic rings. The summed E-state index contributed by atoms with van der Waals surface area (Å²) in [5.41, 5.74) is 2.21. The van der Waals surface area contributed by atoms with Crippen molar-refractivity contribution in [3.05, 3.63) is 71.8 Å². The van der Waals surface area contributed by atoms with Gasteiger partial charge < -0.3 is 4.74 Å². The van der Waals surface area contributed by atoms with E-state index < -0.39 is 0 Å². The Bertz CT molecular complexity index is 651. The van der Waals surface area contributed by atoms with Crippen LogP contribution in [0, 0.1) is 6.92 Å². The van der Waals surface area contributed by atoms with Gasteiger partial charge >= 0.3 is 0 Å². The van der Waals surface area contributed by atoms with Gasteiger partial charge in [-0.25, -0.2) is 9.97 Å². The Kier molecular flexibility index (Phi) is 8.56. The van der Waals surface area contributed by atoms with E-state index in [2.05, 4.69) is 22.1 Å². The van der Waals surface area contributed by atoms with Crippen molar-refractivity contribution in [2.45, 2.75) is 45.6 Å². The number of benzene rings is 1. The van der Waals surface area contributed by atoms with E-state index >= 15 is 0 Å². The van der Waals surface area contributed by atoms with E-state index in [4.69, 9.17) is 4.74 Å². The van der Waals surface area contributed by atoms with E-state index in [1.807, 2.05) is 31.2 Å². The van der Waals surface area contributed by atoms with Crippen molar-refractivity contribution in [3.63, 3.8) is 0 Å². The summed E-state index contributed by atoms with van der Waals surface area (Å²) in [5.74, 6) is 0.940. The van der Waals surface area contributed by atoms with Crippen LogP contribution in [-0.4, -0.2) is 22.4 Å². The van der Waals surface area contributed by atoms with Gasteiger partial charge in [0.05, 0.1) is 6.61 Å². The lowest BCUT2D eigenvalue weighted by Crippen LogP contribution is -1.97. The second-order valence-corrected chi connectivity index (χ2v) is 6.06. The van der Waals surface area contributed by atoms with Crippen LogP contribution >= 0.6 is 0 Å². The molecule has 0 amide bonds. The van der Waals surface area contributed by atoms with Crippen molar-refractivity contribution in [2.75, 3.05) is 6.61 Å². The zero-order valence-electron chi connectivity index (χ0n) is 14.9. The highest BCUT2D eigenvalue weighted by Gasteiger charge is 1.98. The summed E-state index contributed by atoms with van der Waals surface area (Å²) in [5, 5.41) is 0. The minimum atomic E-state index is 0.179. The predicted octanol–water partition coefficient (Wildman–Crippen LogP) is 4.23. The zero-order chi connectivity index (χ0) is 17.7. The third-order valence-corrected chi connectivity index (χ3v) is 3.82. The van der Waals surface area contributed by atoms with Crippen LogP contribution in [0.3, 0.4) is 0 Å². The Morgan fingerprint density at radius 1 is 1.04 bits per heavy atom. The van der Waals surface area contributed by atoms with Crippen LogP contribution in [0.2, 0.25) is 0 Å². The Morgan fingerprint density at radius 2 is 1.80 bits per heavy atom. The summed E-state index contributed by atoms with van der Waals surface area (Å²) in [7, 11) is 0. The number of ether oxygens (including phenoxy) is 1. The number of carbonyl (C=O) groups is 1. The van der Waals surface area contributed by atoms with Gasteiger partial charge in [0.15, 0.2) is 5.78 Å². The maximum Gasteiger partial charge on any atom is 0.155 e. The second kappa shape index (κ2) is 11.3. The molecule has 0 radical (unpaired) electrons. The highest BCUT2D eigenvalue weighted by atomic mass is 16.5. The normalized spacial score (nSPS) is 11.1. The first-order chi connectivity index (χ1) is 12.2. The molecule has 1 aromatic heterocycles. The Hall–Kier alpha value is -2.33. The first-order valence-corrected chi connectivity index (χ1v) is 8.82. The maximum atomic E-state index is 11.8. The number of aryl methyl sites for hydroxylation is 1. The molecule has 0 atom stereocenters. The Balaban J connectivity index is 1.49. The molecule has 0 fully saturated rings. The van der Waals surface area contributed by atoms with Gasteiger partial charge in [0.25, 0.3) is 0 Å². The molecule has 0 saturated carbocycles. The van der Waals surface area contributed by atoms with Gasteiger partial charge in [0, 0.05) is 25.4 Å². The lowest BCUT2D eigenvalue weighted by molar-refractivity contribution is -0.114. The first kappa shape index (κ1) is 19.0. The molecule has 1 aromatic carbocycles. The molecule has 2 rings (SSSR count). The Labute approximate surface area is 150 Å². The largest absolute Gasteiger partial charge is 0.377 e. The summed E-state index contributed by atoms with van der Waals surface area (Å²) in [4.78, 5) is 20.1. The topological polar surface area (TPSA) is 52.1 Å². The molecule has 0 N–H and O–H groups in total. The highest BCUT2D eigenvalue weighted by molar-refractivity contribution is 5.89. The lowest BCUT2D eigenvalue weighted by Gasteiger charge is -2.04. The molecule has 0 aliphatic heterocycles. The van der Waals surface area contributed by atoms with Crippen molar-refractivity contribution in [1.82, 2.24) is 9.97 Å². The van der Waals surface area contributed by atoms with Crippen LogP contribution in [0.4, 0.5) is 0 Å². The maximum absolute atomic E-state index is 11.8. The molecule has 25 heavy (non-hydrogen) atoms. The summed E-state index contributed by atoms with van der Waals surface area (Å²) in [6, 6.07) is 10.2. The van der Waals surface area contributed by atoms with Crippen LogP contribution in [0.25, 0.3) is 0 Å². The highest BCUT2D eigenvalue weighted by Crippen LogP contribution is 2.05. The molecule has 132 valence electrons. The number of ketones is 1. The molecule has 1 heterocycles. The van der Waals surface area contributed by atoms with E-state index in [1.165, 1.54) is 5.56 Å². The fraction of sp³-hybridized carbons (Fsp3) is 0.381. The van der Waals surface area contributed by atoms with Crippen molar-refractivity contribution >= 4 is 5.78 Å². The van der Waals surface area contributed by atoms with Gasteiger partial charge in [-0.2, -0.15) is 0 Å². The number of rotatable bonds is 11. The van der Waals surface area contributed by atoms with Crippen LogP contribution in [0.5, 0.6) is 0 Å². The average molecular weight is 338 g/mol. The van der Waals surface area contributed by atoms with Crippen molar-refractivity contribution in [2.24, 2.45) is 0 Å². The third kappa shape index (κ3) is 8.36. The van der Waals surface area contributed by atoms with Crippen molar-refractivity contribution in [1.29, 1.82) is 0 Å². The number of allylic oxidation sites excluding steroid dienone is 2. The molecule has 4 heteroatoms. The lowest BCUT2D eigenvalue weighted by atomic mass is 10.1. The minimum absolute atomic E-state index is 0.179. The monoisotopic (exact) mass is 338 g/mol. The van der Waals surface area contributed by atoms with Crippen molar-refractivity contribution < 1.29 is 9.53 Å². The first-order valence-electron chi connectivity index (χ1n) is 8.82. The minimum Gasteiger partial charge on any atom is -0.377 e. The van der Waals surface area contributed by atoms with E-state index in [-0.39, 0.29) is 5.78 Å². The molecule has 0 aliphatic carbocycles. The fourth-order valence-corrected chi connectivity index (χ4v) is 2.38. The zero-order valence-corrected chi connectivity index (χ0v) is 14.9. The number of hydrogen-bond acceptors (Lipinski definition) is 4. The third-order valence-electron chi connectivity index (χ3n) is 3.82. The van der Waals surface area contributed by atoms with E-state index in [9.17, 15) is 4.79 Å². The summed E-state index contributed by atoms with van der Waals surface area (Å²) < 4.78 is 5.64. The fourth-order valence-electron chi connectivity index (χ4n) is 2.38. The predicted molar refractivity (Wildman–Crippen MR) is 99.2 cm³/mol. The number of unbranched alkanes of at least 4 members (excludes halogenated alkanes) is 2. The van der Waals surface area contributed by atoms with Gasteiger partial charge in [-0.1, -0.05) is 42.8 Å². The van der Waals surface area contributed by atoms with Gasteiger partial charge in [0.2, 0.25) is 0 Å². The number of carbonyl (C=O) groups excluding carboxylic acids is 1. The average Bonchev–Trinajstić information content (AvgIpc) is 2.63. The van der Waals surface area contributed by atoms with E-state index in [0.717, 1.165) is 37.3 Å². The summed E-state index contributed by atoms with van der Waals surface area (Å²) in [6.07, 6.45) is 11.4. The van der Waals surface area contributed by atoms with Gasteiger partial charge in [-0.15, -0.1) is 0 Å². The van der Waals surface area contributed by atoms with Crippen LogP contribution in [0.1, 0.15) is 42.6 Å². The molecular weight excluding hydrogens is 312 g/mol. The molecule has 0 aliphatic rings. The number of aromatic nitrogens is 2. The molecule has 0 unspecified atom stereocenters. The number of nitrogens with zero attached hydrogens (tertiary/aromatic N) is 2. The molecule has 0 spiro atoms. The van der Waals surface area contributed by atoms with E-state index in [1.54, 1.807) is 18.5 Å². The second-order valence-electron chi connectivity index (χ2n) is 6.06. The molecule has 0 bridgehead atoms. The summed E-state index contributed by atoms with van der Waals surface area (Å²) >= 11 is 0. The van der Waals surface area contributed by atoms with Gasteiger partial charge in [-0.05, 0) is 43.4 Å². The quantitative estimate of drug-likeness (QED) is 0.454. The number of hydrogen-bond donors (Lipinski definition) is 0. The standard InChI is InChI=1S/C21H26N2O2/c1-18-22-15-20(16-23-18)11-8-13-21(24)12-6-3-7-14-25-17-19-9-4-2-5-10-19/h2,4-5,8-10,13,15-16H,3,6-7,11-12,14,17H2,1H3. The van der Waals surface area contributed by atoms with Crippen LogP contribution in [0.15, 0.2) is 54.9 Å². The smallest absolute Gasteiger partial charge is 0.155 e. The Morgan fingerprint density at radius 3 is 2.56 bits per heavy atom.